The molecule has 5 nitrogen and oxygen atoms in total. The van der Waals surface area contributed by atoms with Gasteiger partial charge in [0.25, 0.3) is 0 Å². The number of unbranched alkanes of at least 4 members (excludes halogenated alkanes) is 7. The highest BCUT2D eigenvalue weighted by molar-refractivity contribution is 4.51. The van der Waals surface area contributed by atoms with Crippen molar-refractivity contribution in [3.63, 3.8) is 0 Å². The normalized spacial score (nSPS) is 12.7. The van der Waals surface area contributed by atoms with Gasteiger partial charge in [0.15, 0.2) is 0 Å². The molecule has 0 saturated heterocycles. The fraction of sp³-hybridized carbons (Fsp3) is 1.00. The van der Waals surface area contributed by atoms with E-state index in [1.165, 1.54) is 44.9 Å². The van der Waals surface area contributed by atoms with Gasteiger partial charge in [-0.15, -0.1) is 0 Å². The molecule has 0 rings (SSSR count). The van der Waals surface area contributed by atoms with Gasteiger partial charge in [0, 0.05) is 13.7 Å². The Morgan fingerprint density at radius 3 is 1.78 bits per heavy atom. The first kappa shape index (κ1) is 22.8. The molecule has 0 saturated carbocycles. The molecule has 0 aliphatic carbocycles. The van der Waals surface area contributed by atoms with Crippen LogP contribution in [0.4, 0.5) is 0 Å². The summed E-state index contributed by atoms with van der Waals surface area (Å²) in [6.07, 6.45) is 10.3. The van der Waals surface area contributed by atoms with Crippen molar-refractivity contribution >= 4 is 0 Å². The van der Waals surface area contributed by atoms with Crippen molar-refractivity contribution < 1.29 is 24.1 Å². The van der Waals surface area contributed by atoms with E-state index in [4.69, 9.17) is 24.1 Å². The molecule has 0 aromatic rings. The first-order valence-corrected chi connectivity index (χ1v) is 9.22. The van der Waals surface area contributed by atoms with Gasteiger partial charge in [-0.3, -0.25) is 0 Å². The summed E-state index contributed by atoms with van der Waals surface area (Å²) in [5.74, 6) is 0. The van der Waals surface area contributed by atoms with Crippen molar-refractivity contribution in [2.24, 2.45) is 0 Å². The van der Waals surface area contributed by atoms with E-state index in [0.29, 0.717) is 33.0 Å². The zero-order valence-electron chi connectivity index (χ0n) is 15.3. The Kier molecular flexibility index (Phi) is 19.7. The molecule has 1 atom stereocenters. The van der Waals surface area contributed by atoms with Crippen LogP contribution in [-0.2, 0) is 18.9 Å². The van der Waals surface area contributed by atoms with Gasteiger partial charge in [0.05, 0.1) is 39.6 Å². The summed E-state index contributed by atoms with van der Waals surface area (Å²) in [7, 11) is 1.56. The van der Waals surface area contributed by atoms with Crippen LogP contribution < -0.4 is 0 Å². The first-order valence-electron chi connectivity index (χ1n) is 9.22. The Morgan fingerprint density at radius 2 is 1.22 bits per heavy atom. The monoisotopic (exact) mass is 334 g/mol. The molecule has 0 amide bonds. The van der Waals surface area contributed by atoms with Crippen molar-refractivity contribution in [2.45, 2.75) is 64.4 Å². The third kappa shape index (κ3) is 18.0. The third-order valence-corrected chi connectivity index (χ3v) is 3.73. The highest BCUT2D eigenvalue weighted by atomic mass is 16.6. The molecule has 0 spiro atoms. The molecule has 1 unspecified atom stereocenters. The SMILES string of the molecule is CCCCCCCCCCOCCOCCOCC(CO)OC. The van der Waals surface area contributed by atoms with Gasteiger partial charge in [-0.05, 0) is 6.42 Å². The summed E-state index contributed by atoms with van der Waals surface area (Å²) >= 11 is 0. The maximum atomic E-state index is 8.90. The highest BCUT2D eigenvalue weighted by Crippen LogP contribution is 2.08. The molecule has 0 heterocycles. The first-order chi connectivity index (χ1) is 11.3. The lowest BCUT2D eigenvalue weighted by molar-refractivity contribution is -0.0385. The largest absolute Gasteiger partial charge is 0.394 e. The number of rotatable bonds is 19. The van der Waals surface area contributed by atoms with Crippen LogP contribution in [0, 0.1) is 0 Å². The Morgan fingerprint density at radius 1 is 0.696 bits per heavy atom. The van der Waals surface area contributed by atoms with E-state index in [2.05, 4.69) is 6.92 Å². The number of methoxy groups -OCH3 is 1. The second-order valence-electron chi connectivity index (χ2n) is 5.81. The van der Waals surface area contributed by atoms with Gasteiger partial charge in [-0.2, -0.15) is 0 Å². The molecule has 0 aromatic heterocycles. The Hall–Kier alpha value is -0.200. The zero-order valence-corrected chi connectivity index (χ0v) is 15.3. The quantitative estimate of drug-likeness (QED) is 0.368. The van der Waals surface area contributed by atoms with Crippen LogP contribution in [0.25, 0.3) is 0 Å². The fourth-order valence-corrected chi connectivity index (χ4v) is 2.19. The Bertz CT molecular complexity index is 210. The lowest BCUT2D eigenvalue weighted by atomic mass is 10.1. The van der Waals surface area contributed by atoms with Crippen molar-refractivity contribution in [2.75, 3.05) is 53.4 Å². The van der Waals surface area contributed by atoms with E-state index in [-0.39, 0.29) is 12.7 Å². The molecule has 5 heteroatoms. The lowest BCUT2D eigenvalue weighted by Gasteiger charge is -2.12. The minimum absolute atomic E-state index is 0.0239. The van der Waals surface area contributed by atoms with E-state index in [1.807, 2.05) is 0 Å². The van der Waals surface area contributed by atoms with Crippen LogP contribution >= 0.6 is 0 Å². The van der Waals surface area contributed by atoms with Gasteiger partial charge in [0.1, 0.15) is 6.10 Å². The molecular weight excluding hydrogens is 296 g/mol. The number of hydrogen-bond donors (Lipinski definition) is 1. The van der Waals surface area contributed by atoms with Crippen molar-refractivity contribution in [1.82, 2.24) is 0 Å². The molecule has 23 heavy (non-hydrogen) atoms. The summed E-state index contributed by atoms with van der Waals surface area (Å²) in [6, 6.07) is 0. The number of aliphatic hydroxyl groups excluding tert-OH is 1. The van der Waals surface area contributed by atoms with E-state index in [9.17, 15) is 0 Å². The smallest absolute Gasteiger partial charge is 0.103 e. The summed E-state index contributed by atoms with van der Waals surface area (Å²) < 4.78 is 21.3. The minimum atomic E-state index is -0.245. The number of ether oxygens (including phenoxy) is 4. The van der Waals surface area contributed by atoms with Crippen LogP contribution in [0.15, 0.2) is 0 Å². The number of hydrogen-bond acceptors (Lipinski definition) is 5. The molecule has 0 fully saturated rings. The minimum Gasteiger partial charge on any atom is -0.394 e. The Labute approximate surface area is 142 Å². The van der Waals surface area contributed by atoms with E-state index < -0.39 is 0 Å². The molecule has 0 bridgehead atoms. The fourth-order valence-electron chi connectivity index (χ4n) is 2.19. The van der Waals surface area contributed by atoms with Gasteiger partial charge in [0.2, 0.25) is 0 Å². The highest BCUT2D eigenvalue weighted by Gasteiger charge is 2.04. The second-order valence-corrected chi connectivity index (χ2v) is 5.81. The van der Waals surface area contributed by atoms with Crippen LogP contribution in [0.2, 0.25) is 0 Å². The molecule has 140 valence electrons. The van der Waals surface area contributed by atoms with Crippen LogP contribution in [0.3, 0.4) is 0 Å². The van der Waals surface area contributed by atoms with Crippen molar-refractivity contribution in [3.05, 3.63) is 0 Å². The summed E-state index contributed by atoms with van der Waals surface area (Å²) in [4.78, 5) is 0. The number of aliphatic hydroxyl groups is 1. The molecular formula is C18H38O5. The van der Waals surface area contributed by atoms with E-state index in [0.717, 1.165) is 13.0 Å². The van der Waals surface area contributed by atoms with E-state index >= 15 is 0 Å². The molecule has 0 radical (unpaired) electrons. The zero-order chi connectivity index (χ0) is 17.0. The van der Waals surface area contributed by atoms with Gasteiger partial charge < -0.3 is 24.1 Å². The summed E-state index contributed by atoms with van der Waals surface area (Å²) in [5.41, 5.74) is 0. The molecule has 0 aromatic carbocycles. The second kappa shape index (κ2) is 19.8. The predicted molar refractivity (Wildman–Crippen MR) is 92.9 cm³/mol. The Balaban J connectivity index is 3.02. The lowest BCUT2D eigenvalue weighted by Crippen LogP contribution is -2.23. The topological polar surface area (TPSA) is 57.2 Å². The van der Waals surface area contributed by atoms with E-state index in [1.54, 1.807) is 7.11 Å². The van der Waals surface area contributed by atoms with Crippen LogP contribution in [0.5, 0.6) is 0 Å². The molecule has 0 aliphatic heterocycles. The average Bonchev–Trinajstić information content (AvgIpc) is 2.58. The van der Waals surface area contributed by atoms with Crippen molar-refractivity contribution in [1.29, 1.82) is 0 Å². The van der Waals surface area contributed by atoms with Crippen LogP contribution in [-0.4, -0.2) is 64.6 Å². The maximum Gasteiger partial charge on any atom is 0.103 e. The van der Waals surface area contributed by atoms with Crippen molar-refractivity contribution in [3.8, 4) is 0 Å². The van der Waals surface area contributed by atoms with Gasteiger partial charge >= 0.3 is 0 Å². The standard InChI is InChI=1S/C18H38O5/c1-3-4-5-6-7-8-9-10-11-21-12-13-22-14-15-23-17-18(16-19)20-2/h18-19H,3-17H2,1-2H3. The predicted octanol–water partition coefficient (Wildman–Crippen LogP) is 3.18. The maximum absolute atomic E-state index is 8.90. The summed E-state index contributed by atoms with van der Waals surface area (Å²) in [6.45, 7) is 5.76. The van der Waals surface area contributed by atoms with Gasteiger partial charge in [-0.25, -0.2) is 0 Å². The van der Waals surface area contributed by atoms with Crippen LogP contribution in [0.1, 0.15) is 58.3 Å². The average molecular weight is 334 g/mol. The summed E-state index contributed by atoms with van der Waals surface area (Å²) in [5, 5.41) is 8.90. The molecule has 0 aliphatic rings. The molecule has 1 N–H and O–H groups in total. The van der Waals surface area contributed by atoms with Gasteiger partial charge in [-0.1, -0.05) is 51.9 Å². The third-order valence-electron chi connectivity index (χ3n) is 3.73.